The van der Waals surface area contributed by atoms with Crippen LogP contribution >= 0.6 is 0 Å². The number of hydrogen-bond donors (Lipinski definition) is 3. The fourth-order valence-corrected chi connectivity index (χ4v) is 2.82. The van der Waals surface area contributed by atoms with Gasteiger partial charge < -0.3 is 15.3 Å². The van der Waals surface area contributed by atoms with Gasteiger partial charge in [-0.05, 0) is 48.9 Å². The molecule has 0 radical (unpaired) electrons. The van der Waals surface area contributed by atoms with Gasteiger partial charge in [-0.3, -0.25) is 14.5 Å². The first-order valence-electron chi connectivity index (χ1n) is 7.25. The van der Waals surface area contributed by atoms with Gasteiger partial charge in [0, 0.05) is 5.69 Å². The predicted molar refractivity (Wildman–Crippen MR) is 86.8 cm³/mol. The van der Waals surface area contributed by atoms with Gasteiger partial charge in [-0.1, -0.05) is 12.1 Å². The molecule has 24 heavy (non-hydrogen) atoms. The van der Waals surface area contributed by atoms with Gasteiger partial charge in [0.15, 0.2) is 11.5 Å². The Kier molecular flexibility index (Phi) is 3.73. The van der Waals surface area contributed by atoms with Crippen LogP contribution in [-0.4, -0.2) is 27.0 Å². The lowest BCUT2D eigenvalue weighted by Crippen LogP contribution is -2.30. The van der Waals surface area contributed by atoms with Crippen molar-refractivity contribution in [2.75, 3.05) is 4.90 Å². The molecule has 0 aliphatic carbocycles. The molecule has 0 spiro atoms. The molecule has 1 atom stereocenters. The first-order valence-corrected chi connectivity index (χ1v) is 7.25. The van der Waals surface area contributed by atoms with Crippen molar-refractivity contribution in [1.29, 1.82) is 0 Å². The third-order valence-electron chi connectivity index (χ3n) is 3.92. The number of aliphatic hydroxyl groups is 1. The highest BCUT2D eigenvalue weighted by atomic mass is 16.3. The van der Waals surface area contributed by atoms with Crippen molar-refractivity contribution in [3.8, 4) is 11.5 Å². The number of rotatable bonds is 3. The Morgan fingerprint density at radius 3 is 1.92 bits per heavy atom. The van der Waals surface area contributed by atoms with Crippen molar-refractivity contribution in [2.45, 2.75) is 13.0 Å². The van der Waals surface area contributed by atoms with E-state index < -0.39 is 23.5 Å². The van der Waals surface area contributed by atoms with Crippen LogP contribution < -0.4 is 4.90 Å². The van der Waals surface area contributed by atoms with Crippen LogP contribution in [0.15, 0.2) is 59.9 Å². The van der Waals surface area contributed by atoms with Crippen LogP contribution in [0.2, 0.25) is 0 Å². The number of aliphatic hydroxyl groups excluding tert-OH is 1. The summed E-state index contributed by atoms with van der Waals surface area (Å²) in [6.45, 7) is 1.28. The average Bonchev–Trinajstić information content (AvgIpc) is 2.81. The number of carbonyl (C=O) groups excluding carboxylic acids is 2. The summed E-state index contributed by atoms with van der Waals surface area (Å²) in [5.74, 6) is -1.61. The Morgan fingerprint density at radius 2 is 1.42 bits per heavy atom. The van der Waals surface area contributed by atoms with E-state index in [9.17, 15) is 24.9 Å². The monoisotopic (exact) mass is 325 g/mol. The zero-order chi connectivity index (χ0) is 17.4. The molecule has 1 aliphatic heterocycles. The summed E-state index contributed by atoms with van der Waals surface area (Å²) in [5, 5.41) is 29.1. The molecule has 3 rings (SSSR count). The second kappa shape index (κ2) is 5.73. The number of phenols is 2. The topological polar surface area (TPSA) is 98.1 Å². The zero-order valence-corrected chi connectivity index (χ0v) is 12.8. The van der Waals surface area contributed by atoms with Crippen LogP contribution in [0.4, 0.5) is 5.69 Å². The lowest BCUT2D eigenvalue weighted by Gasteiger charge is -2.26. The minimum Gasteiger partial charge on any atom is -0.508 e. The maximum atomic E-state index is 12.5. The molecule has 2 aromatic rings. The largest absolute Gasteiger partial charge is 0.508 e. The van der Waals surface area contributed by atoms with Gasteiger partial charge in [0.1, 0.15) is 11.5 Å². The molecular formula is C18H15NO5. The molecule has 0 fully saturated rings. The maximum absolute atomic E-state index is 12.5. The van der Waals surface area contributed by atoms with Gasteiger partial charge >= 0.3 is 0 Å². The molecule has 2 aromatic carbocycles. The number of ketones is 1. The number of hydrogen-bond acceptors (Lipinski definition) is 5. The van der Waals surface area contributed by atoms with Crippen LogP contribution in [0.3, 0.4) is 0 Å². The highest BCUT2D eigenvalue weighted by molar-refractivity contribution is 6.16. The Balaban J connectivity index is 2.16. The van der Waals surface area contributed by atoms with Crippen LogP contribution in [0.5, 0.6) is 11.5 Å². The van der Waals surface area contributed by atoms with Crippen molar-refractivity contribution in [1.82, 2.24) is 0 Å². The fourth-order valence-electron chi connectivity index (χ4n) is 2.82. The molecule has 0 aromatic heterocycles. The molecule has 0 saturated carbocycles. The number of Topliss-reactive ketones (excluding diaryl/α,β-unsaturated/α-hetero) is 1. The summed E-state index contributed by atoms with van der Waals surface area (Å²) in [7, 11) is 0. The SMILES string of the molecule is CC(=O)C1=C(O)C(=O)N(c2ccc(O)cc2)[C@H]1c1ccc(O)cc1. The molecular weight excluding hydrogens is 310 g/mol. The normalized spacial score (nSPS) is 17.5. The first kappa shape index (κ1) is 15.6. The van der Waals surface area contributed by atoms with E-state index in [4.69, 9.17) is 0 Å². The minimum atomic E-state index is -0.805. The number of carbonyl (C=O) groups is 2. The molecule has 0 saturated heterocycles. The van der Waals surface area contributed by atoms with E-state index in [-0.39, 0.29) is 17.1 Å². The van der Waals surface area contributed by atoms with Crippen LogP contribution in [0.25, 0.3) is 0 Å². The number of anilines is 1. The van der Waals surface area contributed by atoms with E-state index in [1.807, 2.05) is 0 Å². The summed E-state index contributed by atoms with van der Waals surface area (Å²) in [6, 6.07) is 11.1. The van der Waals surface area contributed by atoms with Crippen molar-refractivity contribution in [3.05, 3.63) is 65.4 Å². The van der Waals surface area contributed by atoms with E-state index in [0.717, 1.165) is 0 Å². The summed E-state index contributed by atoms with van der Waals surface area (Å²) >= 11 is 0. The second-order valence-electron chi connectivity index (χ2n) is 5.50. The Labute approximate surface area is 137 Å². The van der Waals surface area contributed by atoms with Gasteiger partial charge in [0.2, 0.25) is 0 Å². The van der Waals surface area contributed by atoms with Gasteiger partial charge in [-0.15, -0.1) is 0 Å². The third kappa shape index (κ3) is 2.48. The molecule has 6 heteroatoms. The predicted octanol–water partition coefficient (Wildman–Crippen LogP) is 2.59. The van der Waals surface area contributed by atoms with E-state index in [0.29, 0.717) is 11.3 Å². The Morgan fingerprint density at radius 1 is 0.917 bits per heavy atom. The Bertz CT molecular complexity index is 837. The van der Waals surface area contributed by atoms with Crippen LogP contribution in [-0.2, 0) is 9.59 Å². The third-order valence-corrected chi connectivity index (χ3v) is 3.92. The molecule has 3 N–H and O–H groups in total. The summed E-state index contributed by atoms with van der Waals surface area (Å²) < 4.78 is 0. The summed E-state index contributed by atoms with van der Waals surface area (Å²) in [4.78, 5) is 25.8. The summed E-state index contributed by atoms with van der Waals surface area (Å²) in [6.07, 6.45) is 0. The van der Waals surface area contributed by atoms with Crippen molar-refractivity contribution >= 4 is 17.4 Å². The van der Waals surface area contributed by atoms with Crippen molar-refractivity contribution < 1.29 is 24.9 Å². The number of phenolic OH excluding ortho intramolecular Hbond substituents is 2. The van der Waals surface area contributed by atoms with E-state index in [1.165, 1.54) is 48.2 Å². The van der Waals surface area contributed by atoms with E-state index in [2.05, 4.69) is 0 Å². The number of aromatic hydroxyl groups is 2. The van der Waals surface area contributed by atoms with Gasteiger partial charge in [0.05, 0.1) is 11.6 Å². The lowest BCUT2D eigenvalue weighted by atomic mass is 9.96. The van der Waals surface area contributed by atoms with Gasteiger partial charge in [-0.25, -0.2) is 0 Å². The molecule has 1 aliphatic rings. The van der Waals surface area contributed by atoms with E-state index in [1.54, 1.807) is 12.1 Å². The standard InChI is InChI=1S/C18H15NO5/c1-10(20)15-16(11-2-6-13(21)7-3-11)19(18(24)17(15)23)12-4-8-14(22)9-5-12/h2-9,16,21-23H,1H3/t16-/m0/s1. The highest BCUT2D eigenvalue weighted by Crippen LogP contribution is 2.41. The number of nitrogens with zero attached hydrogens (tertiary/aromatic N) is 1. The molecule has 0 unspecified atom stereocenters. The fraction of sp³-hybridized carbons (Fsp3) is 0.111. The van der Waals surface area contributed by atoms with Crippen molar-refractivity contribution in [2.24, 2.45) is 0 Å². The number of benzene rings is 2. The van der Waals surface area contributed by atoms with Gasteiger partial charge in [-0.2, -0.15) is 0 Å². The van der Waals surface area contributed by atoms with Crippen LogP contribution in [0, 0.1) is 0 Å². The molecule has 0 bridgehead atoms. The Hall–Kier alpha value is -3.28. The van der Waals surface area contributed by atoms with Gasteiger partial charge in [0.25, 0.3) is 5.91 Å². The molecule has 122 valence electrons. The minimum absolute atomic E-state index is 0.00114. The molecule has 6 nitrogen and oxygen atoms in total. The number of amides is 1. The second-order valence-corrected chi connectivity index (χ2v) is 5.50. The molecule has 1 amide bonds. The lowest BCUT2D eigenvalue weighted by molar-refractivity contribution is -0.117. The van der Waals surface area contributed by atoms with E-state index >= 15 is 0 Å². The van der Waals surface area contributed by atoms with Crippen LogP contribution in [0.1, 0.15) is 18.5 Å². The quantitative estimate of drug-likeness (QED) is 0.806. The van der Waals surface area contributed by atoms with Crippen molar-refractivity contribution in [3.63, 3.8) is 0 Å². The maximum Gasteiger partial charge on any atom is 0.294 e. The highest BCUT2D eigenvalue weighted by Gasteiger charge is 2.43. The zero-order valence-electron chi connectivity index (χ0n) is 12.8. The summed E-state index contributed by atoms with van der Waals surface area (Å²) in [5.41, 5.74) is 1.00. The smallest absolute Gasteiger partial charge is 0.294 e. The molecule has 1 heterocycles. The first-order chi connectivity index (χ1) is 11.4. The average molecular weight is 325 g/mol.